The summed E-state index contributed by atoms with van der Waals surface area (Å²) in [6, 6.07) is 12.7. The molecule has 0 radical (unpaired) electrons. The number of benzene rings is 2. The quantitative estimate of drug-likeness (QED) is 0.653. The van der Waals surface area contributed by atoms with Crippen molar-refractivity contribution in [2.45, 2.75) is 11.3 Å². The van der Waals surface area contributed by atoms with Gasteiger partial charge in [0.05, 0.1) is 12.0 Å². The average molecular weight is 378 g/mol. The molecule has 2 aromatic rings. The number of carbonyl (C=O) groups excluding carboxylic acids is 1. The molecule has 0 aliphatic rings. The van der Waals surface area contributed by atoms with Crippen LogP contribution in [-0.2, 0) is 14.8 Å². The van der Waals surface area contributed by atoms with E-state index in [1.807, 2.05) is 0 Å². The molecule has 0 aliphatic heterocycles. The second-order valence-corrected chi connectivity index (χ2v) is 7.22. The van der Waals surface area contributed by atoms with E-state index in [1.54, 1.807) is 50.6 Å². The summed E-state index contributed by atoms with van der Waals surface area (Å²) in [5.41, 5.74) is 0.978. The lowest BCUT2D eigenvalue weighted by atomic mass is 10.2. The van der Waals surface area contributed by atoms with Crippen molar-refractivity contribution in [3.05, 3.63) is 54.1 Å². The maximum Gasteiger partial charge on any atom is 0.255 e. The molecular formula is C18H22N2O5S. The molecule has 2 N–H and O–H groups in total. The molecule has 0 aliphatic carbocycles. The molecule has 0 spiro atoms. The van der Waals surface area contributed by atoms with Crippen molar-refractivity contribution in [3.63, 3.8) is 0 Å². The summed E-state index contributed by atoms with van der Waals surface area (Å²) in [5, 5.41) is 2.72. The Morgan fingerprint density at radius 2 is 1.65 bits per heavy atom. The second-order valence-electron chi connectivity index (χ2n) is 5.45. The van der Waals surface area contributed by atoms with Crippen molar-refractivity contribution in [2.24, 2.45) is 0 Å². The lowest BCUT2D eigenvalue weighted by molar-refractivity contribution is 0.102. The van der Waals surface area contributed by atoms with E-state index in [4.69, 9.17) is 9.47 Å². The molecule has 0 fully saturated rings. The first-order chi connectivity index (χ1) is 12.5. The third-order valence-electron chi connectivity index (χ3n) is 3.59. The molecule has 1 amide bonds. The number of nitrogens with one attached hydrogen (secondary N) is 2. The number of hydrogen-bond acceptors (Lipinski definition) is 5. The first-order valence-corrected chi connectivity index (χ1v) is 9.48. The molecule has 0 unspecified atom stereocenters. The van der Waals surface area contributed by atoms with E-state index in [0.717, 1.165) is 0 Å². The molecule has 7 nitrogen and oxygen atoms in total. The van der Waals surface area contributed by atoms with Crippen molar-refractivity contribution < 1.29 is 22.7 Å². The Labute approximate surface area is 153 Å². The van der Waals surface area contributed by atoms with Crippen LogP contribution in [0, 0.1) is 0 Å². The minimum atomic E-state index is -3.58. The third-order valence-corrected chi connectivity index (χ3v) is 5.07. The van der Waals surface area contributed by atoms with Crippen LogP contribution in [0.25, 0.3) is 0 Å². The molecule has 0 saturated heterocycles. The minimum absolute atomic E-state index is 0.136. The third kappa shape index (κ3) is 5.55. The number of hydrogen-bond donors (Lipinski definition) is 2. The summed E-state index contributed by atoms with van der Waals surface area (Å²) >= 11 is 0. The van der Waals surface area contributed by atoms with Gasteiger partial charge >= 0.3 is 0 Å². The molecule has 8 heteroatoms. The largest absolute Gasteiger partial charge is 0.497 e. The molecule has 0 aromatic heterocycles. The SMILES string of the molecule is COCCCNS(=O)(=O)c1ccc(NC(=O)c2ccc(OC)cc2)cc1. The highest BCUT2D eigenvalue weighted by Gasteiger charge is 2.13. The van der Waals surface area contributed by atoms with Crippen LogP contribution < -0.4 is 14.8 Å². The van der Waals surface area contributed by atoms with Crippen LogP contribution in [0.4, 0.5) is 5.69 Å². The van der Waals surface area contributed by atoms with Gasteiger partial charge in [-0.25, -0.2) is 13.1 Å². The summed E-state index contributed by atoms with van der Waals surface area (Å²) in [4.78, 5) is 12.3. The van der Waals surface area contributed by atoms with E-state index < -0.39 is 10.0 Å². The van der Waals surface area contributed by atoms with Crippen LogP contribution in [0.15, 0.2) is 53.4 Å². The van der Waals surface area contributed by atoms with Crippen LogP contribution in [0.5, 0.6) is 5.75 Å². The van der Waals surface area contributed by atoms with E-state index in [9.17, 15) is 13.2 Å². The number of rotatable bonds is 9. The van der Waals surface area contributed by atoms with Crippen LogP contribution in [0.1, 0.15) is 16.8 Å². The van der Waals surface area contributed by atoms with Gasteiger partial charge in [-0.05, 0) is 55.0 Å². The fourth-order valence-electron chi connectivity index (χ4n) is 2.17. The number of sulfonamides is 1. The van der Waals surface area contributed by atoms with E-state index in [2.05, 4.69) is 10.0 Å². The number of methoxy groups -OCH3 is 2. The van der Waals surface area contributed by atoms with Crippen molar-refractivity contribution in [1.82, 2.24) is 4.72 Å². The Kier molecular flexibility index (Phi) is 7.14. The lowest BCUT2D eigenvalue weighted by Crippen LogP contribution is -2.25. The van der Waals surface area contributed by atoms with Gasteiger partial charge in [-0.15, -0.1) is 0 Å². The van der Waals surface area contributed by atoms with Crippen LogP contribution in [0.2, 0.25) is 0 Å². The van der Waals surface area contributed by atoms with Gasteiger partial charge in [0.2, 0.25) is 10.0 Å². The summed E-state index contributed by atoms with van der Waals surface area (Å²) in [5.74, 6) is 0.370. The highest BCUT2D eigenvalue weighted by molar-refractivity contribution is 7.89. The zero-order chi connectivity index (χ0) is 19.0. The molecule has 0 saturated carbocycles. The molecule has 2 aromatic carbocycles. The molecule has 2 rings (SSSR count). The first-order valence-electron chi connectivity index (χ1n) is 8.00. The van der Waals surface area contributed by atoms with Crippen LogP contribution in [-0.4, -0.2) is 41.7 Å². The summed E-state index contributed by atoms with van der Waals surface area (Å²) in [7, 11) is -0.462. The summed E-state index contributed by atoms with van der Waals surface area (Å²) < 4.78 is 36.8. The minimum Gasteiger partial charge on any atom is -0.497 e. The van der Waals surface area contributed by atoms with Gasteiger partial charge < -0.3 is 14.8 Å². The maximum absolute atomic E-state index is 12.2. The predicted octanol–water partition coefficient (Wildman–Crippen LogP) is 2.26. The number of anilines is 1. The predicted molar refractivity (Wildman–Crippen MR) is 99.1 cm³/mol. The van der Waals surface area contributed by atoms with Crippen molar-refractivity contribution >= 4 is 21.6 Å². The fourth-order valence-corrected chi connectivity index (χ4v) is 3.24. The van der Waals surface area contributed by atoms with Crippen LogP contribution >= 0.6 is 0 Å². The van der Waals surface area contributed by atoms with Gasteiger partial charge in [0.25, 0.3) is 5.91 Å². The number of ether oxygens (including phenoxy) is 2. The molecule has 140 valence electrons. The van der Waals surface area contributed by atoms with Gasteiger partial charge in [0.15, 0.2) is 0 Å². The van der Waals surface area contributed by atoms with Gasteiger partial charge in [-0.1, -0.05) is 0 Å². The van der Waals surface area contributed by atoms with Gasteiger partial charge in [0.1, 0.15) is 5.75 Å². The molecule has 0 heterocycles. The summed E-state index contributed by atoms with van der Waals surface area (Å²) in [6.07, 6.45) is 0.589. The van der Waals surface area contributed by atoms with Gasteiger partial charge in [-0.3, -0.25) is 4.79 Å². The zero-order valence-corrected chi connectivity index (χ0v) is 15.5. The Bertz CT molecular complexity index is 818. The monoisotopic (exact) mass is 378 g/mol. The van der Waals surface area contributed by atoms with E-state index in [1.165, 1.54) is 12.1 Å². The molecule has 0 bridgehead atoms. The average Bonchev–Trinajstić information content (AvgIpc) is 2.66. The Balaban J connectivity index is 1.98. The Morgan fingerprint density at radius 3 is 2.23 bits per heavy atom. The smallest absolute Gasteiger partial charge is 0.255 e. The van der Waals surface area contributed by atoms with Crippen molar-refractivity contribution in [2.75, 3.05) is 32.7 Å². The van der Waals surface area contributed by atoms with Crippen molar-refractivity contribution in [3.8, 4) is 5.75 Å². The fraction of sp³-hybridized carbons (Fsp3) is 0.278. The van der Waals surface area contributed by atoms with E-state index in [-0.39, 0.29) is 10.8 Å². The Morgan fingerprint density at radius 1 is 1.00 bits per heavy atom. The van der Waals surface area contributed by atoms with Gasteiger partial charge in [0, 0.05) is 31.5 Å². The highest BCUT2D eigenvalue weighted by Crippen LogP contribution is 2.16. The number of amides is 1. The molecule has 0 atom stereocenters. The topological polar surface area (TPSA) is 93.7 Å². The molecular weight excluding hydrogens is 356 g/mol. The Hall–Kier alpha value is -2.42. The van der Waals surface area contributed by atoms with Gasteiger partial charge in [-0.2, -0.15) is 0 Å². The lowest BCUT2D eigenvalue weighted by Gasteiger charge is -2.09. The van der Waals surface area contributed by atoms with E-state index in [0.29, 0.717) is 36.6 Å². The summed E-state index contributed by atoms with van der Waals surface area (Å²) in [6.45, 7) is 0.783. The maximum atomic E-state index is 12.2. The highest BCUT2D eigenvalue weighted by atomic mass is 32.2. The molecule has 26 heavy (non-hydrogen) atoms. The van der Waals surface area contributed by atoms with E-state index >= 15 is 0 Å². The normalized spacial score (nSPS) is 11.2. The van der Waals surface area contributed by atoms with Crippen LogP contribution in [0.3, 0.4) is 0 Å². The number of carbonyl (C=O) groups is 1. The standard InChI is InChI=1S/C18H22N2O5S/c1-24-13-3-12-19-26(22,23)17-10-6-15(7-11-17)20-18(21)14-4-8-16(25-2)9-5-14/h4-11,19H,3,12-13H2,1-2H3,(H,20,21). The first kappa shape index (κ1) is 19.9. The second kappa shape index (κ2) is 9.33. The van der Waals surface area contributed by atoms with Crippen molar-refractivity contribution in [1.29, 1.82) is 0 Å². The zero-order valence-electron chi connectivity index (χ0n) is 14.7.